The third-order valence-electron chi connectivity index (χ3n) is 5.26. The summed E-state index contributed by atoms with van der Waals surface area (Å²) in [5.41, 5.74) is 3.97. The normalized spacial score (nSPS) is 18.1. The lowest BCUT2D eigenvalue weighted by Gasteiger charge is -2.16. The van der Waals surface area contributed by atoms with Gasteiger partial charge in [0.2, 0.25) is 5.90 Å². The lowest BCUT2D eigenvalue weighted by Crippen LogP contribution is -2.14. The van der Waals surface area contributed by atoms with E-state index in [1.165, 1.54) is 18.2 Å². The van der Waals surface area contributed by atoms with E-state index in [2.05, 4.69) is 11.1 Å². The first-order chi connectivity index (χ1) is 14.5. The highest BCUT2D eigenvalue weighted by molar-refractivity contribution is 5.96. The lowest BCUT2D eigenvalue weighted by molar-refractivity contribution is 0.212. The zero-order valence-electron chi connectivity index (χ0n) is 17.2. The van der Waals surface area contributed by atoms with E-state index in [4.69, 9.17) is 9.47 Å². The highest BCUT2D eigenvalue weighted by Gasteiger charge is 2.32. The first-order valence-electron chi connectivity index (χ1n) is 10.0. The fourth-order valence-electron chi connectivity index (χ4n) is 3.75. The summed E-state index contributed by atoms with van der Waals surface area (Å²) < 4.78 is 39.5. The fourth-order valence-corrected chi connectivity index (χ4v) is 3.75. The third kappa shape index (κ3) is 3.80. The van der Waals surface area contributed by atoms with Crippen LogP contribution < -0.4 is 4.74 Å². The minimum absolute atomic E-state index is 0.0121. The molecule has 1 aliphatic heterocycles. The van der Waals surface area contributed by atoms with E-state index in [-0.39, 0.29) is 23.6 Å². The molecule has 154 valence electrons. The van der Waals surface area contributed by atoms with Crippen molar-refractivity contribution in [1.29, 1.82) is 0 Å². The first-order valence-corrected chi connectivity index (χ1v) is 10.0. The summed E-state index contributed by atoms with van der Waals surface area (Å²) in [6.07, 6.45) is -0.325. The predicted molar refractivity (Wildman–Crippen MR) is 114 cm³/mol. The van der Waals surface area contributed by atoms with E-state index in [1.807, 2.05) is 57.2 Å². The van der Waals surface area contributed by atoms with Crippen molar-refractivity contribution in [3.05, 3.63) is 89.0 Å². The van der Waals surface area contributed by atoms with Crippen molar-refractivity contribution in [3.8, 4) is 16.9 Å². The molecule has 2 atom stereocenters. The molecule has 5 heteroatoms. The average molecular weight is 407 g/mol. The maximum Gasteiger partial charge on any atom is 0.223 e. The Kier molecular flexibility index (Phi) is 5.53. The van der Waals surface area contributed by atoms with Crippen LogP contribution in [0.25, 0.3) is 11.1 Å². The van der Waals surface area contributed by atoms with E-state index >= 15 is 0 Å². The maximum absolute atomic E-state index is 14.1. The number of hydrogen-bond acceptors (Lipinski definition) is 3. The average Bonchev–Trinajstić information content (AvgIpc) is 3.09. The summed E-state index contributed by atoms with van der Waals surface area (Å²) in [5, 5.41) is 0. The van der Waals surface area contributed by atoms with Crippen molar-refractivity contribution < 1.29 is 18.3 Å². The van der Waals surface area contributed by atoms with Crippen LogP contribution in [0.2, 0.25) is 0 Å². The minimum atomic E-state index is -0.677. The van der Waals surface area contributed by atoms with Crippen LogP contribution in [0, 0.1) is 18.6 Å². The molecule has 3 nitrogen and oxygen atoms in total. The zero-order chi connectivity index (χ0) is 21.3. The zero-order valence-corrected chi connectivity index (χ0v) is 17.2. The Morgan fingerprint density at radius 1 is 0.967 bits per heavy atom. The molecule has 1 aliphatic rings. The van der Waals surface area contributed by atoms with Gasteiger partial charge in [-0.1, -0.05) is 36.4 Å². The van der Waals surface area contributed by atoms with Gasteiger partial charge in [-0.3, -0.25) is 0 Å². The molecule has 0 aromatic heterocycles. The second-order valence-electron chi connectivity index (χ2n) is 7.33. The van der Waals surface area contributed by atoms with Crippen LogP contribution >= 0.6 is 0 Å². The van der Waals surface area contributed by atoms with E-state index < -0.39 is 11.6 Å². The summed E-state index contributed by atoms with van der Waals surface area (Å²) in [6, 6.07) is 17.5. The molecule has 0 N–H and O–H groups in total. The molecule has 3 aromatic rings. The van der Waals surface area contributed by atoms with E-state index in [0.717, 1.165) is 28.0 Å². The highest BCUT2D eigenvalue weighted by atomic mass is 19.1. The Bertz CT molecular complexity index is 1070. The fraction of sp³-hybridized carbons (Fsp3) is 0.240. The summed E-state index contributed by atoms with van der Waals surface area (Å²) >= 11 is 0. The Morgan fingerprint density at radius 3 is 2.27 bits per heavy atom. The van der Waals surface area contributed by atoms with E-state index in [1.54, 1.807) is 0 Å². The summed E-state index contributed by atoms with van der Waals surface area (Å²) in [4.78, 5) is 4.52. The number of aliphatic imine (C=N–C) groups is 1. The molecule has 0 fully saturated rings. The van der Waals surface area contributed by atoms with Crippen molar-refractivity contribution in [2.24, 2.45) is 4.99 Å². The van der Waals surface area contributed by atoms with Crippen molar-refractivity contribution in [3.63, 3.8) is 0 Å². The Labute approximate surface area is 175 Å². The molecule has 0 saturated carbocycles. The van der Waals surface area contributed by atoms with Crippen LogP contribution in [-0.4, -0.2) is 18.6 Å². The van der Waals surface area contributed by atoms with Gasteiger partial charge in [-0.05, 0) is 67.3 Å². The number of benzene rings is 3. The van der Waals surface area contributed by atoms with Crippen molar-refractivity contribution in [2.75, 3.05) is 6.61 Å². The van der Waals surface area contributed by atoms with Crippen molar-refractivity contribution in [2.45, 2.75) is 32.9 Å². The number of rotatable bonds is 5. The smallest absolute Gasteiger partial charge is 0.223 e. The molecule has 0 amide bonds. The Balaban J connectivity index is 1.63. The molecular weight excluding hydrogens is 384 g/mol. The molecule has 0 saturated heterocycles. The predicted octanol–water partition coefficient (Wildman–Crippen LogP) is 6.25. The van der Waals surface area contributed by atoms with Crippen molar-refractivity contribution in [1.82, 2.24) is 0 Å². The first kappa shape index (κ1) is 20.1. The molecule has 4 rings (SSSR count). The van der Waals surface area contributed by atoms with Gasteiger partial charge in [0.05, 0.1) is 6.61 Å². The Hall–Kier alpha value is -3.21. The molecule has 0 bridgehead atoms. The van der Waals surface area contributed by atoms with Crippen LogP contribution in [0.4, 0.5) is 8.78 Å². The van der Waals surface area contributed by atoms with Crippen LogP contribution in [0.15, 0.2) is 65.7 Å². The van der Waals surface area contributed by atoms with E-state index in [0.29, 0.717) is 6.61 Å². The lowest BCUT2D eigenvalue weighted by atomic mass is 9.94. The molecule has 0 spiro atoms. The van der Waals surface area contributed by atoms with Gasteiger partial charge in [0.15, 0.2) is 0 Å². The molecule has 3 aromatic carbocycles. The number of aryl methyl sites for hydroxylation is 1. The number of halogens is 2. The largest absolute Gasteiger partial charge is 0.494 e. The molecule has 0 aliphatic carbocycles. The number of hydrogen-bond donors (Lipinski definition) is 0. The molecule has 0 radical (unpaired) electrons. The summed E-state index contributed by atoms with van der Waals surface area (Å²) in [7, 11) is 0. The van der Waals surface area contributed by atoms with Gasteiger partial charge in [0, 0.05) is 0 Å². The molecular formula is C25H23F2NO2. The van der Waals surface area contributed by atoms with Crippen LogP contribution in [0.3, 0.4) is 0 Å². The van der Waals surface area contributed by atoms with Gasteiger partial charge in [-0.2, -0.15) is 0 Å². The summed E-state index contributed by atoms with van der Waals surface area (Å²) in [5.74, 6) is -0.500. The van der Waals surface area contributed by atoms with Gasteiger partial charge < -0.3 is 9.47 Å². The van der Waals surface area contributed by atoms with Gasteiger partial charge >= 0.3 is 0 Å². The van der Waals surface area contributed by atoms with Crippen LogP contribution in [0.5, 0.6) is 5.75 Å². The van der Waals surface area contributed by atoms with Gasteiger partial charge in [0.25, 0.3) is 0 Å². The van der Waals surface area contributed by atoms with Gasteiger partial charge in [0.1, 0.15) is 35.1 Å². The topological polar surface area (TPSA) is 30.8 Å². The standard InChI is InChI=1S/C25H23F2NO2/c1-4-29-19-11-8-17(9-12-19)18-10-13-20(15(2)14-18)24-16(3)30-25(28-24)23-21(26)6-5-7-22(23)27/h5-14,16,24H,4H2,1-3H3. The van der Waals surface area contributed by atoms with Crippen LogP contribution in [0.1, 0.15) is 36.6 Å². The molecule has 2 unspecified atom stereocenters. The second-order valence-corrected chi connectivity index (χ2v) is 7.33. The second kappa shape index (κ2) is 8.27. The maximum atomic E-state index is 14.1. The SMILES string of the molecule is CCOc1ccc(-c2ccc(C3N=C(c4c(F)cccc4F)OC3C)c(C)c2)cc1. The number of ether oxygens (including phenoxy) is 2. The van der Waals surface area contributed by atoms with Crippen molar-refractivity contribution >= 4 is 5.90 Å². The van der Waals surface area contributed by atoms with E-state index in [9.17, 15) is 8.78 Å². The quantitative estimate of drug-likeness (QED) is 0.501. The number of nitrogens with zero attached hydrogens (tertiary/aromatic N) is 1. The third-order valence-corrected chi connectivity index (χ3v) is 5.26. The molecule has 1 heterocycles. The highest BCUT2D eigenvalue weighted by Crippen LogP contribution is 2.35. The van der Waals surface area contributed by atoms with Crippen LogP contribution in [-0.2, 0) is 4.74 Å². The minimum Gasteiger partial charge on any atom is -0.494 e. The van der Waals surface area contributed by atoms with Gasteiger partial charge in [-0.15, -0.1) is 0 Å². The Morgan fingerprint density at radius 2 is 1.63 bits per heavy atom. The molecule has 30 heavy (non-hydrogen) atoms. The monoisotopic (exact) mass is 407 g/mol. The summed E-state index contributed by atoms with van der Waals surface area (Å²) in [6.45, 7) is 6.46. The van der Waals surface area contributed by atoms with Gasteiger partial charge in [-0.25, -0.2) is 13.8 Å².